The zero-order valence-corrected chi connectivity index (χ0v) is 61.8. The quantitative estimate of drug-likeness (QED) is 0.154. The third kappa shape index (κ3) is 11.3. The minimum Gasteiger partial charge on any atom is -0.455 e. The van der Waals surface area contributed by atoms with Gasteiger partial charge in [0, 0.05) is 121 Å². The molecule has 9 heteroatoms. The number of fused-ring (bicyclic) bond motifs is 18. The van der Waals surface area contributed by atoms with Crippen molar-refractivity contribution in [2.45, 2.75) is 26.2 Å². The molecule has 1 aliphatic rings. The van der Waals surface area contributed by atoms with Gasteiger partial charge >= 0.3 is 0 Å². The Labute approximate surface area is 641 Å². The molecule has 1 aliphatic carbocycles. The fraction of sp³-hybridized carbons (Fsp3) is 0.0396. The van der Waals surface area contributed by atoms with E-state index in [4.69, 9.17) is 22.1 Å². The number of furan rings is 5. The summed E-state index contributed by atoms with van der Waals surface area (Å²) in [4.78, 5) is 14.6. The van der Waals surface area contributed by atoms with Crippen molar-refractivity contribution in [2.24, 2.45) is 0 Å². The molecule has 0 saturated heterocycles. The Hall–Kier alpha value is -13.7. The summed E-state index contributed by atoms with van der Waals surface area (Å²) in [5, 5.41) is 14.8. The molecular weight excluding hydrogens is 1420 g/mol. The number of hydrogen-bond acceptors (Lipinski definition) is 7. The summed E-state index contributed by atoms with van der Waals surface area (Å²) in [6.45, 7) is 6.22. The summed E-state index contributed by atoms with van der Waals surface area (Å²) in [6.07, 6.45) is 0. The standard InChI is InChI=1S/C38H25NO3.C36H23NO2.C27H19BrO/c1-24(40)39(27-20-16-25(17-21-27)29-10-6-12-33-31-8-2-4-14-35(31)41-37(29)33)28-22-18-26(19-23-28)30-11-7-13-34-32-9-3-5-15-36(32)42-38(30)34;1-3-13-33-29(7-1)31-11-5-9-27(35(31)38-33)23-15-19-25(20-16-23)37-26-21-17-24(18-22-26)28-10-6-12-32-30-8-2-4-14-34(30)39-36(28)32;1-27(2)23-14-16(10-12-19(23)20-13-11-17(28)15-24(20)27)18-7-5-8-22-21-6-3-4-9-25(21)29-26(18)22/h2-23H,1H3;1-22,37H;3-15H,1-2H3. The van der Waals surface area contributed by atoms with Crippen molar-refractivity contribution in [1.29, 1.82) is 0 Å². The second-order valence-electron chi connectivity index (χ2n) is 28.7. The Bertz CT molecular complexity index is 6880. The molecular formula is C101H67BrN2O6. The van der Waals surface area contributed by atoms with Gasteiger partial charge in [0.2, 0.25) is 5.91 Å². The summed E-state index contributed by atoms with van der Waals surface area (Å²) in [5.41, 5.74) is 29.0. The largest absolute Gasteiger partial charge is 0.455 e. The van der Waals surface area contributed by atoms with Crippen molar-refractivity contribution >= 4 is 154 Å². The number of nitrogens with one attached hydrogen (secondary N) is 1. The van der Waals surface area contributed by atoms with Gasteiger partial charge < -0.3 is 27.4 Å². The van der Waals surface area contributed by atoms with Crippen LogP contribution in [0.25, 0.3) is 176 Å². The predicted octanol–water partition coefficient (Wildman–Crippen LogP) is 29.4. The summed E-state index contributed by atoms with van der Waals surface area (Å²) in [5.74, 6) is -0.0609. The van der Waals surface area contributed by atoms with Gasteiger partial charge in [-0.25, -0.2) is 0 Å². The zero-order chi connectivity index (χ0) is 73.7. The number of carbonyl (C=O) groups is 1. The third-order valence-corrected chi connectivity index (χ3v) is 22.3. The van der Waals surface area contributed by atoms with E-state index in [0.29, 0.717) is 0 Å². The molecule has 0 spiro atoms. The second-order valence-corrected chi connectivity index (χ2v) is 29.6. The van der Waals surface area contributed by atoms with Crippen LogP contribution in [0.3, 0.4) is 0 Å². The van der Waals surface area contributed by atoms with E-state index in [0.717, 1.165) is 176 Å². The van der Waals surface area contributed by atoms with E-state index in [1.807, 2.05) is 121 Å². The molecule has 1 amide bonds. The van der Waals surface area contributed by atoms with E-state index in [2.05, 4.69) is 260 Å². The summed E-state index contributed by atoms with van der Waals surface area (Å²) < 4.78 is 32.4. The molecule has 22 rings (SSSR count). The first kappa shape index (κ1) is 65.8. The number of carbonyl (C=O) groups excluding carboxylic acids is 1. The maximum atomic E-state index is 12.9. The van der Waals surface area contributed by atoms with Crippen LogP contribution < -0.4 is 10.2 Å². The van der Waals surface area contributed by atoms with Gasteiger partial charge in [-0.05, 0) is 147 Å². The highest BCUT2D eigenvalue weighted by Gasteiger charge is 2.36. The van der Waals surface area contributed by atoms with Crippen LogP contribution in [0.5, 0.6) is 0 Å². The summed E-state index contributed by atoms with van der Waals surface area (Å²) in [6, 6.07) is 119. The van der Waals surface area contributed by atoms with Crippen molar-refractivity contribution < 1.29 is 26.9 Å². The molecule has 0 atom stereocenters. The number of anilines is 4. The monoisotopic (exact) mass is 1480 g/mol. The number of benzene rings is 16. The highest BCUT2D eigenvalue weighted by Crippen LogP contribution is 2.52. The molecule has 524 valence electrons. The van der Waals surface area contributed by atoms with E-state index >= 15 is 0 Å². The fourth-order valence-corrected chi connectivity index (χ4v) is 16.8. The normalized spacial score (nSPS) is 12.3. The summed E-state index contributed by atoms with van der Waals surface area (Å²) in [7, 11) is 0. The van der Waals surface area contributed by atoms with Gasteiger partial charge in [-0.15, -0.1) is 0 Å². The van der Waals surface area contributed by atoms with Gasteiger partial charge in [-0.2, -0.15) is 0 Å². The second kappa shape index (κ2) is 26.6. The molecule has 0 aliphatic heterocycles. The SMILES string of the molecule is CC(=O)N(c1ccc(-c2cccc3c2oc2ccccc23)cc1)c1ccc(-c2cccc3c2oc2ccccc23)cc1.CC1(C)c2cc(Br)ccc2-c2ccc(-c3cccc4c3oc3ccccc34)cc21.c1ccc2c(c1)oc1c(-c3ccc(Nc4ccc(-c5cccc6c5oc5ccccc56)cc4)cc3)cccc12. The van der Waals surface area contributed by atoms with Gasteiger partial charge in [0.1, 0.15) is 55.8 Å². The maximum absolute atomic E-state index is 12.9. The minimum absolute atomic E-state index is 0.0355. The molecule has 0 radical (unpaired) electrons. The van der Waals surface area contributed by atoms with Gasteiger partial charge in [0.05, 0.1) is 0 Å². The first-order valence-corrected chi connectivity index (χ1v) is 37.8. The molecule has 1 N–H and O–H groups in total. The van der Waals surface area contributed by atoms with Crippen LogP contribution in [0, 0.1) is 0 Å². The van der Waals surface area contributed by atoms with Crippen molar-refractivity contribution in [3.05, 3.63) is 361 Å². The average Bonchev–Trinajstić information content (AvgIpc) is 1.57. The highest BCUT2D eigenvalue weighted by molar-refractivity contribution is 9.10. The molecule has 5 aromatic heterocycles. The Morgan fingerprint density at radius 1 is 0.282 bits per heavy atom. The van der Waals surface area contributed by atoms with Crippen LogP contribution in [0.2, 0.25) is 0 Å². The Kier molecular flexibility index (Phi) is 15.9. The molecule has 0 bridgehead atoms. The van der Waals surface area contributed by atoms with E-state index in [1.54, 1.807) is 11.8 Å². The van der Waals surface area contributed by atoms with E-state index in [1.165, 1.54) is 38.6 Å². The molecule has 5 heterocycles. The lowest BCUT2D eigenvalue weighted by molar-refractivity contribution is -0.115. The number of amides is 1. The number of halogens is 1. The zero-order valence-electron chi connectivity index (χ0n) is 60.2. The maximum Gasteiger partial charge on any atom is 0.228 e. The fourth-order valence-electron chi connectivity index (χ4n) is 16.5. The molecule has 0 fully saturated rings. The van der Waals surface area contributed by atoms with Gasteiger partial charge in [0.25, 0.3) is 0 Å². The lowest BCUT2D eigenvalue weighted by Gasteiger charge is -2.22. The van der Waals surface area contributed by atoms with E-state index in [-0.39, 0.29) is 11.3 Å². The number of rotatable bonds is 9. The molecule has 0 unspecified atom stereocenters. The number of para-hydroxylation sites is 10. The predicted molar refractivity (Wildman–Crippen MR) is 457 cm³/mol. The summed E-state index contributed by atoms with van der Waals surface area (Å²) >= 11 is 3.64. The number of hydrogen-bond donors (Lipinski definition) is 1. The molecule has 0 saturated carbocycles. The van der Waals surface area contributed by atoms with Crippen molar-refractivity contribution in [3.8, 4) is 66.8 Å². The lowest BCUT2D eigenvalue weighted by Crippen LogP contribution is -2.22. The molecule has 110 heavy (non-hydrogen) atoms. The average molecular weight is 1480 g/mol. The first-order valence-electron chi connectivity index (χ1n) is 37.0. The van der Waals surface area contributed by atoms with Crippen LogP contribution in [0.15, 0.2) is 372 Å². The Balaban J connectivity index is 0.000000110. The van der Waals surface area contributed by atoms with Gasteiger partial charge in [-0.3, -0.25) is 9.69 Å². The first-order chi connectivity index (χ1) is 54.0. The van der Waals surface area contributed by atoms with E-state index < -0.39 is 0 Å². The van der Waals surface area contributed by atoms with Crippen molar-refractivity contribution in [3.63, 3.8) is 0 Å². The van der Waals surface area contributed by atoms with Crippen LogP contribution in [0.1, 0.15) is 31.9 Å². The smallest absolute Gasteiger partial charge is 0.228 e. The lowest BCUT2D eigenvalue weighted by atomic mass is 9.81. The Morgan fingerprint density at radius 2 is 0.545 bits per heavy atom. The molecule has 21 aromatic rings. The topological polar surface area (TPSA) is 98.0 Å². The van der Waals surface area contributed by atoms with Gasteiger partial charge in [0.15, 0.2) is 0 Å². The number of nitrogens with zero attached hydrogens (tertiary/aromatic N) is 1. The molecule has 8 nitrogen and oxygen atoms in total. The van der Waals surface area contributed by atoms with Crippen molar-refractivity contribution in [2.75, 3.05) is 10.2 Å². The van der Waals surface area contributed by atoms with Crippen LogP contribution in [-0.2, 0) is 10.2 Å². The minimum atomic E-state index is -0.0609. The molecule has 16 aromatic carbocycles. The van der Waals surface area contributed by atoms with Gasteiger partial charge in [-0.1, -0.05) is 278 Å². The van der Waals surface area contributed by atoms with Crippen LogP contribution in [-0.4, -0.2) is 5.91 Å². The van der Waals surface area contributed by atoms with Crippen molar-refractivity contribution in [1.82, 2.24) is 0 Å². The Morgan fingerprint density at radius 3 is 0.864 bits per heavy atom. The highest BCUT2D eigenvalue weighted by atomic mass is 79.9. The third-order valence-electron chi connectivity index (χ3n) is 21.8. The van der Waals surface area contributed by atoms with Crippen LogP contribution in [0.4, 0.5) is 22.7 Å². The van der Waals surface area contributed by atoms with Crippen LogP contribution >= 0.6 is 15.9 Å². The van der Waals surface area contributed by atoms with E-state index in [9.17, 15) is 4.79 Å².